The Bertz CT molecular complexity index is 622. The van der Waals surface area contributed by atoms with Gasteiger partial charge in [-0.3, -0.25) is 14.4 Å². The minimum Gasteiger partial charge on any atom is -0.376 e. The molecule has 0 spiro atoms. The van der Waals surface area contributed by atoms with Crippen molar-refractivity contribution in [2.24, 2.45) is 5.73 Å². The van der Waals surface area contributed by atoms with Crippen LogP contribution in [0.1, 0.15) is 22.8 Å². The lowest BCUT2D eigenvalue weighted by Crippen LogP contribution is -2.51. The van der Waals surface area contributed by atoms with Crippen LogP contribution in [0, 0.1) is 6.92 Å². The fourth-order valence-corrected chi connectivity index (χ4v) is 2.65. The molecule has 1 fully saturated rings. The van der Waals surface area contributed by atoms with Crippen LogP contribution in [-0.4, -0.2) is 60.2 Å². The predicted octanol–water partition coefficient (Wildman–Crippen LogP) is 0.197. The summed E-state index contributed by atoms with van der Waals surface area (Å²) in [6.45, 7) is 5.69. The summed E-state index contributed by atoms with van der Waals surface area (Å²) in [7, 11) is 0. The molecule has 0 bridgehead atoms. The van der Waals surface area contributed by atoms with Crippen molar-refractivity contribution in [2.45, 2.75) is 13.8 Å². The van der Waals surface area contributed by atoms with Crippen LogP contribution >= 0.6 is 0 Å². The Morgan fingerprint density at radius 1 is 1.13 bits per heavy atom. The normalized spacial score (nSPS) is 14.5. The summed E-state index contributed by atoms with van der Waals surface area (Å²) < 4.78 is 0. The van der Waals surface area contributed by atoms with Gasteiger partial charge in [-0.05, 0) is 24.6 Å². The number of carbonyl (C=O) groups is 3. The van der Waals surface area contributed by atoms with Gasteiger partial charge >= 0.3 is 0 Å². The average molecular weight is 318 g/mol. The standard InChI is InChI=1S/C16H22N4O3/c1-11-13(16(17)23)4-3-5-14(11)18-10-15(22)20-8-6-19(7-9-20)12(2)21/h3-5,18H,6-10H2,1-2H3,(H2,17,23). The summed E-state index contributed by atoms with van der Waals surface area (Å²) in [6.07, 6.45) is 0. The van der Waals surface area contributed by atoms with Gasteiger partial charge in [-0.2, -0.15) is 0 Å². The van der Waals surface area contributed by atoms with E-state index >= 15 is 0 Å². The van der Waals surface area contributed by atoms with E-state index in [1.165, 1.54) is 6.92 Å². The van der Waals surface area contributed by atoms with Crippen LogP contribution < -0.4 is 11.1 Å². The fourth-order valence-electron chi connectivity index (χ4n) is 2.65. The van der Waals surface area contributed by atoms with Crippen LogP contribution in [0.2, 0.25) is 0 Å². The Labute approximate surface area is 135 Å². The molecule has 1 aromatic carbocycles. The van der Waals surface area contributed by atoms with E-state index < -0.39 is 5.91 Å². The van der Waals surface area contributed by atoms with Gasteiger partial charge < -0.3 is 20.9 Å². The minimum atomic E-state index is -0.488. The zero-order valence-corrected chi connectivity index (χ0v) is 13.5. The highest BCUT2D eigenvalue weighted by Gasteiger charge is 2.22. The van der Waals surface area contributed by atoms with Gasteiger partial charge in [-0.1, -0.05) is 6.07 Å². The third-order valence-corrected chi connectivity index (χ3v) is 4.11. The van der Waals surface area contributed by atoms with Crippen LogP contribution in [-0.2, 0) is 9.59 Å². The van der Waals surface area contributed by atoms with E-state index in [0.717, 1.165) is 11.3 Å². The fraction of sp³-hybridized carbons (Fsp3) is 0.438. The molecule has 0 radical (unpaired) electrons. The lowest BCUT2D eigenvalue weighted by molar-refractivity contribution is -0.137. The Morgan fingerprint density at radius 2 is 1.74 bits per heavy atom. The molecule has 124 valence electrons. The smallest absolute Gasteiger partial charge is 0.249 e. The number of amides is 3. The number of hydrogen-bond acceptors (Lipinski definition) is 4. The molecular weight excluding hydrogens is 296 g/mol. The van der Waals surface area contributed by atoms with Crippen LogP contribution in [0.4, 0.5) is 5.69 Å². The molecule has 1 aliphatic rings. The number of benzene rings is 1. The van der Waals surface area contributed by atoms with E-state index in [1.54, 1.807) is 28.9 Å². The van der Waals surface area contributed by atoms with Crippen molar-refractivity contribution in [2.75, 3.05) is 38.0 Å². The second-order valence-corrected chi connectivity index (χ2v) is 5.58. The lowest BCUT2D eigenvalue weighted by Gasteiger charge is -2.34. The number of piperazine rings is 1. The maximum atomic E-state index is 12.2. The molecule has 23 heavy (non-hydrogen) atoms. The molecule has 7 heteroatoms. The molecule has 0 unspecified atom stereocenters. The summed E-state index contributed by atoms with van der Waals surface area (Å²) in [6, 6.07) is 5.19. The Hall–Kier alpha value is -2.57. The molecule has 0 aromatic heterocycles. The first-order chi connectivity index (χ1) is 10.9. The molecule has 1 heterocycles. The van der Waals surface area contributed by atoms with Crippen molar-refractivity contribution in [1.82, 2.24) is 9.80 Å². The number of carbonyl (C=O) groups excluding carboxylic acids is 3. The molecule has 2 rings (SSSR count). The zero-order valence-electron chi connectivity index (χ0n) is 13.5. The first-order valence-corrected chi connectivity index (χ1v) is 7.56. The first kappa shape index (κ1) is 16.8. The van der Waals surface area contributed by atoms with Crippen LogP contribution in [0.5, 0.6) is 0 Å². The summed E-state index contributed by atoms with van der Waals surface area (Å²) >= 11 is 0. The third-order valence-electron chi connectivity index (χ3n) is 4.11. The van der Waals surface area contributed by atoms with Crippen LogP contribution in [0.25, 0.3) is 0 Å². The summed E-state index contributed by atoms with van der Waals surface area (Å²) in [5.74, 6) is -0.482. The van der Waals surface area contributed by atoms with Gasteiger partial charge in [0.05, 0.1) is 6.54 Å². The largest absolute Gasteiger partial charge is 0.376 e. The Balaban J connectivity index is 1.92. The maximum absolute atomic E-state index is 12.2. The Kier molecular flexibility index (Phi) is 5.20. The number of nitrogens with zero attached hydrogens (tertiary/aromatic N) is 2. The molecule has 1 aliphatic heterocycles. The van der Waals surface area contributed by atoms with E-state index in [-0.39, 0.29) is 18.4 Å². The molecular formula is C16H22N4O3. The number of primary amides is 1. The van der Waals surface area contributed by atoms with Gasteiger partial charge in [0, 0.05) is 44.4 Å². The molecule has 0 atom stereocenters. The zero-order chi connectivity index (χ0) is 17.0. The Morgan fingerprint density at radius 3 is 2.30 bits per heavy atom. The van der Waals surface area contributed by atoms with Gasteiger partial charge in [-0.25, -0.2) is 0 Å². The molecule has 0 saturated carbocycles. The first-order valence-electron chi connectivity index (χ1n) is 7.56. The van der Waals surface area contributed by atoms with Gasteiger partial charge in [0.1, 0.15) is 0 Å². The van der Waals surface area contributed by atoms with E-state index in [1.807, 2.05) is 6.07 Å². The van der Waals surface area contributed by atoms with Crippen molar-refractivity contribution in [3.63, 3.8) is 0 Å². The summed E-state index contributed by atoms with van der Waals surface area (Å²) in [5, 5.41) is 3.06. The topological polar surface area (TPSA) is 95.7 Å². The van der Waals surface area contributed by atoms with Crippen molar-refractivity contribution in [1.29, 1.82) is 0 Å². The predicted molar refractivity (Wildman–Crippen MR) is 87.0 cm³/mol. The van der Waals surface area contributed by atoms with E-state index in [4.69, 9.17) is 5.73 Å². The number of anilines is 1. The summed E-state index contributed by atoms with van der Waals surface area (Å²) in [5.41, 5.74) is 7.21. The molecule has 7 nitrogen and oxygen atoms in total. The summed E-state index contributed by atoms with van der Waals surface area (Å²) in [4.78, 5) is 38.3. The quantitative estimate of drug-likeness (QED) is 0.829. The average Bonchev–Trinajstić information content (AvgIpc) is 2.53. The van der Waals surface area contributed by atoms with E-state index in [9.17, 15) is 14.4 Å². The molecule has 0 aliphatic carbocycles. The highest BCUT2D eigenvalue weighted by Crippen LogP contribution is 2.18. The van der Waals surface area contributed by atoms with Crippen molar-refractivity contribution in [3.8, 4) is 0 Å². The molecule has 1 saturated heterocycles. The van der Waals surface area contributed by atoms with Crippen LogP contribution in [0.15, 0.2) is 18.2 Å². The SMILES string of the molecule is CC(=O)N1CCN(C(=O)CNc2cccc(C(N)=O)c2C)CC1. The molecule has 3 amide bonds. The van der Waals surface area contributed by atoms with Crippen molar-refractivity contribution >= 4 is 23.4 Å². The lowest BCUT2D eigenvalue weighted by atomic mass is 10.1. The second-order valence-electron chi connectivity index (χ2n) is 5.58. The van der Waals surface area contributed by atoms with E-state index in [0.29, 0.717) is 31.7 Å². The highest BCUT2D eigenvalue weighted by molar-refractivity contribution is 5.96. The van der Waals surface area contributed by atoms with Crippen molar-refractivity contribution < 1.29 is 14.4 Å². The monoisotopic (exact) mass is 318 g/mol. The number of hydrogen-bond donors (Lipinski definition) is 2. The van der Waals surface area contributed by atoms with Crippen molar-refractivity contribution in [3.05, 3.63) is 29.3 Å². The molecule has 1 aromatic rings. The third kappa shape index (κ3) is 4.00. The van der Waals surface area contributed by atoms with E-state index in [2.05, 4.69) is 5.32 Å². The second kappa shape index (κ2) is 7.13. The van der Waals surface area contributed by atoms with Gasteiger partial charge in [0.2, 0.25) is 17.7 Å². The van der Waals surface area contributed by atoms with Gasteiger partial charge in [-0.15, -0.1) is 0 Å². The maximum Gasteiger partial charge on any atom is 0.249 e. The minimum absolute atomic E-state index is 0.0305. The number of nitrogens with one attached hydrogen (secondary N) is 1. The van der Waals surface area contributed by atoms with Gasteiger partial charge in [0.15, 0.2) is 0 Å². The number of nitrogens with two attached hydrogens (primary N) is 1. The van der Waals surface area contributed by atoms with Gasteiger partial charge in [0.25, 0.3) is 0 Å². The van der Waals surface area contributed by atoms with Crippen LogP contribution in [0.3, 0.4) is 0 Å². The highest BCUT2D eigenvalue weighted by atomic mass is 16.2. The number of rotatable bonds is 4. The molecule has 3 N–H and O–H groups in total.